The predicted molar refractivity (Wildman–Crippen MR) is 91.8 cm³/mol. The number of hydrogen-bond donors (Lipinski definition) is 0. The minimum atomic E-state index is 0.270. The van der Waals surface area contributed by atoms with Gasteiger partial charge in [0.15, 0.2) is 5.78 Å². The molecule has 1 aromatic carbocycles. The third-order valence-corrected chi connectivity index (χ3v) is 4.91. The molecule has 1 unspecified atom stereocenters. The molecule has 3 heteroatoms. The molecule has 1 aliphatic rings. The summed E-state index contributed by atoms with van der Waals surface area (Å²) in [6, 6.07) is 8.46. The first-order valence-corrected chi connectivity index (χ1v) is 9.03. The van der Waals surface area contributed by atoms with Gasteiger partial charge in [0.25, 0.3) is 0 Å². The van der Waals surface area contributed by atoms with Gasteiger partial charge in [-0.05, 0) is 50.9 Å². The summed E-state index contributed by atoms with van der Waals surface area (Å²) in [5.74, 6) is 0.270. The Morgan fingerprint density at radius 1 is 1.29 bits per heavy atom. The second-order valence-electron chi connectivity index (χ2n) is 6.01. The van der Waals surface area contributed by atoms with Gasteiger partial charge < -0.3 is 4.90 Å². The van der Waals surface area contributed by atoms with Crippen molar-refractivity contribution in [1.82, 2.24) is 4.90 Å². The number of carbonyl (C=O) groups excluding carboxylic acids is 1. The average molecular weight is 352 g/mol. The molecule has 1 aliphatic heterocycles. The van der Waals surface area contributed by atoms with E-state index in [9.17, 15) is 4.79 Å². The number of halogens is 1. The van der Waals surface area contributed by atoms with Gasteiger partial charge in [0.1, 0.15) is 0 Å². The van der Waals surface area contributed by atoms with E-state index in [1.54, 1.807) is 0 Å². The minimum absolute atomic E-state index is 0.270. The van der Waals surface area contributed by atoms with Crippen LogP contribution in [-0.4, -0.2) is 29.8 Å². The van der Waals surface area contributed by atoms with Crippen molar-refractivity contribution in [3.8, 4) is 0 Å². The zero-order valence-electron chi connectivity index (χ0n) is 13.0. The van der Waals surface area contributed by atoms with Crippen molar-refractivity contribution in [3.05, 3.63) is 34.3 Å². The average Bonchev–Trinajstić information content (AvgIpc) is 2.50. The van der Waals surface area contributed by atoms with Crippen molar-refractivity contribution in [2.75, 3.05) is 13.1 Å². The van der Waals surface area contributed by atoms with Gasteiger partial charge in [-0.2, -0.15) is 0 Å². The molecule has 1 fully saturated rings. The fraction of sp³-hybridized carbons (Fsp3) is 0.611. The second kappa shape index (κ2) is 8.70. The number of benzene rings is 1. The first-order valence-electron chi connectivity index (χ1n) is 8.23. The molecule has 1 aromatic rings. The van der Waals surface area contributed by atoms with Crippen LogP contribution in [0.1, 0.15) is 62.2 Å². The first-order chi connectivity index (χ1) is 10.2. The van der Waals surface area contributed by atoms with Crippen LogP contribution >= 0.6 is 15.9 Å². The Bertz CT molecular complexity index is 441. The van der Waals surface area contributed by atoms with E-state index < -0.39 is 0 Å². The van der Waals surface area contributed by atoms with Gasteiger partial charge in [0, 0.05) is 22.5 Å². The van der Waals surface area contributed by atoms with Gasteiger partial charge in [0.05, 0.1) is 0 Å². The molecule has 1 saturated heterocycles. The van der Waals surface area contributed by atoms with Crippen molar-refractivity contribution >= 4 is 21.7 Å². The van der Waals surface area contributed by atoms with E-state index in [1.807, 2.05) is 24.3 Å². The fourth-order valence-corrected chi connectivity index (χ4v) is 3.50. The van der Waals surface area contributed by atoms with Crippen LogP contribution in [0.15, 0.2) is 28.7 Å². The van der Waals surface area contributed by atoms with Crippen molar-refractivity contribution in [1.29, 1.82) is 0 Å². The standard InChI is InChI=1S/C18H26BrNO/c1-2-6-17-7-3-4-13-20(17)14-5-8-18(21)15-9-11-16(19)12-10-15/h9-12,17H,2-8,13-14H2,1H3. The van der Waals surface area contributed by atoms with Gasteiger partial charge >= 0.3 is 0 Å². The number of piperidine rings is 1. The van der Waals surface area contributed by atoms with Crippen LogP contribution in [0.3, 0.4) is 0 Å². The minimum Gasteiger partial charge on any atom is -0.300 e. The molecule has 1 atom stereocenters. The Labute approximate surface area is 137 Å². The predicted octanol–water partition coefficient (Wildman–Crippen LogP) is 5.07. The van der Waals surface area contributed by atoms with E-state index in [1.165, 1.54) is 38.6 Å². The molecule has 116 valence electrons. The first kappa shape index (κ1) is 16.7. The van der Waals surface area contributed by atoms with Crippen molar-refractivity contribution < 1.29 is 4.79 Å². The summed E-state index contributed by atoms with van der Waals surface area (Å²) in [7, 11) is 0. The molecule has 0 spiro atoms. The van der Waals surface area contributed by atoms with Gasteiger partial charge in [-0.1, -0.05) is 47.8 Å². The second-order valence-corrected chi connectivity index (χ2v) is 6.92. The summed E-state index contributed by atoms with van der Waals surface area (Å²) < 4.78 is 1.02. The van der Waals surface area contributed by atoms with Gasteiger partial charge in [-0.25, -0.2) is 0 Å². The topological polar surface area (TPSA) is 20.3 Å². The summed E-state index contributed by atoms with van der Waals surface area (Å²) in [4.78, 5) is 14.8. The summed E-state index contributed by atoms with van der Waals surface area (Å²) in [6.45, 7) is 4.56. The van der Waals surface area contributed by atoms with Gasteiger partial charge in [-0.15, -0.1) is 0 Å². The highest BCUT2D eigenvalue weighted by Crippen LogP contribution is 2.21. The molecule has 0 amide bonds. The maximum Gasteiger partial charge on any atom is 0.162 e. The molecule has 2 nitrogen and oxygen atoms in total. The van der Waals surface area contributed by atoms with E-state index in [4.69, 9.17) is 0 Å². The number of nitrogens with zero attached hydrogens (tertiary/aromatic N) is 1. The lowest BCUT2D eigenvalue weighted by molar-refractivity contribution is 0.0957. The maximum atomic E-state index is 12.2. The Morgan fingerprint density at radius 3 is 2.76 bits per heavy atom. The zero-order chi connectivity index (χ0) is 15.1. The number of ketones is 1. The number of carbonyl (C=O) groups is 1. The molecule has 2 rings (SSSR count). The molecular weight excluding hydrogens is 326 g/mol. The van der Waals surface area contributed by atoms with Crippen molar-refractivity contribution in [2.24, 2.45) is 0 Å². The largest absolute Gasteiger partial charge is 0.300 e. The van der Waals surface area contributed by atoms with E-state index in [-0.39, 0.29) is 5.78 Å². The number of likely N-dealkylation sites (tertiary alicyclic amines) is 1. The number of rotatable bonds is 7. The monoisotopic (exact) mass is 351 g/mol. The summed E-state index contributed by atoms with van der Waals surface area (Å²) in [6.07, 6.45) is 8.25. The van der Waals surface area contributed by atoms with Crippen molar-refractivity contribution in [2.45, 2.75) is 57.9 Å². The van der Waals surface area contributed by atoms with Gasteiger partial charge in [-0.3, -0.25) is 4.79 Å². The molecule has 0 radical (unpaired) electrons. The summed E-state index contributed by atoms with van der Waals surface area (Å²) >= 11 is 3.40. The molecule has 0 saturated carbocycles. The molecule has 0 aromatic heterocycles. The van der Waals surface area contributed by atoms with E-state index in [0.717, 1.165) is 29.0 Å². The highest BCUT2D eigenvalue weighted by Gasteiger charge is 2.21. The Kier molecular flexibility index (Phi) is 6.91. The third-order valence-electron chi connectivity index (χ3n) is 4.39. The molecule has 1 heterocycles. The van der Waals surface area contributed by atoms with Crippen LogP contribution in [0.25, 0.3) is 0 Å². The van der Waals surface area contributed by atoms with Crippen LogP contribution in [0.4, 0.5) is 0 Å². The van der Waals surface area contributed by atoms with E-state index in [0.29, 0.717) is 6.42 Å². The smallest absolute Gasteiger partial charge is 0.162 e. The quantitative estimate of drug-likeness (QED) is 0.639. The molecule has 0 bridgehead atoms. The van der Waals surface area contributed by atoms with Gasteiger partial charge in [0.2, 0.25) is 0 Å². The zero-order valence-corrected chi connectivity index (χ0v) is 14.6. The molecule has 0 aliphatic carbocycles. The Hall–Kier alpha value is -0.670. The Morgan fingerprint density at radius 2 is 2.05 bits per heavy atom. The van der Waals surface area contributed by atoms with E-state index >= 15 is 0 Å². The molecular formula is C18H26BrNO. The number of Topliss-reactive ketones (excluding diaryl/α,β-unsaturated/α-hetero) is 1. The van der Waals surface area contributed by atoms with Crippen LogP contribution in [-0.2, 0) is 0 Å². The lowest BCUT2D eigenvalue weighted by Gasteiger charge is -2.35. The molecule has 21 heavy (non-hydrogen) atoms. The highest BCUT2D eigenvalue weighted by molar-refractivity contribution is 9.10. The lowest BCUT2D eigenvalue weighted by Crippen LogP contribution is -2.40. The molecule has 0 N–H and O–H groups in total. The van der Waals surface area contributed by atoms with E-state index in [2.05, 4.69) is 27.8 Å². The third kappa shape index (κ3) is 5.23. The maximum absolute atomic E-state index is 12.2. The summed E-state index contributed by atoms with van der Waals surface area (Å²) in [5.41, 5.74) is 0.835. The normalized spacial score (nSPS) is 19.6. The number of hydrogen-bond acceptors (Lipinski definition) is 2. The SMILES string of the molecule is CCCC1CCCCN1CCCC(=O)c1ccc(Br)cc1. The Balaban J connectivity index is 1.77. The van der Waals surface area contributed by atoms with Crippen LogP contribution in [0.5, 0.6) is 0 Å². The lowest BCUT2D eigenvalue weighted by atomic mass is 9.97. The van der Waals surface area contributed by atoms with Crippen LogP contribution in [0.2, 0.25) is 0 Å². The van der Waals surface area contributed by atoms with Crippen LogP contribution < -0.4 is 0 Å². The fourth-order valence-electron chi connectivity index (χ4n) is 3.24. The van der Waals surface area contributed by atoms with Crippen LogP contribution in [0, 0.1) is 0 Å². The highest BCUT2D eigenvalue weighted by atomic mass is 79.9. The summed E-state index contributed by atoms with van der Waals surface area (Å²) in [5, 5.41) is 0. The van der Waals surface area contributed by atoms with Crippen molar-refractivity contribution in [3.63, 3.8) is 0 Å².